The number of hydrogen-bond donors (Lipinski definition) is 2. The number of carbonyl (C=O) groups excluding carboxylic acids is 2. The maximum atomic E-state index is 12.8. The molecule has 1 aromatic rings. The lowest BCUT2D eigenvalue weighted by molar-refractivity contribution is -0.135. The van der Waals surface area contributed by atoms with Crippen molar-refractivity contribution in [2.75, 3.05) is 38.0 Å². The molecule has 2 aliphatic rings. The minimum Gasteiger partial charge on any atom is -0.339 e. The summed E-state index contributed by atoms with van der Waals surface area (Å²) in [5.74, 6) is 0.195. The Morgan fingerprint density at radius 1 is 1.07 bits per heavy atom. The molecule has 1 heterocycles. The number of carbonyl (C=O) groups is 2. The first-order valence-corrected chi connectivity index (χ1v) is 10.1. The molecular formula is C21H33ClN4O2. The number of urea groups is 1. The number of amides is 3. The van der Waals surface area contributed by atoms with Gasteiger partial charge in [-0.25, -0.2) is 4.79 Å². The summed E-state index contributed by atoms with van der Waals surface area (Å²) in [6, 6.07) is 7.67. The Hall–Kier alpha value is -1.79. The molecule has 0 unspecified atom stereocenters. The van der Waals surface area contributed by atoms with Crippen LogP contribution in [0.1, 0.15) is 44.1 Å². The molecule has 2 fully saturated rings. The molecule has 1 aliphatic carbocycles. The van der Waals surface area contributed by atoms with Gasteiger partial charge in [0, 0.05) is 38.3 Å². The van der Waals surface area contributed by atoms with Crippen molar-refractivity contribution < 1.29 is 9.59 Å². The molecule has 1 aromatic carbocycles. The van der Waals surface area contributed by atoms with Gasteiger partial charge in [-0.3, -0.25) is 4.79 Å². The van der Waals surface area contributed by atoms with Gasteiger partial charge in [-0.2, -0.15) is 0 Å². The molecule has 3 rings (SSSR count). The second-order valence-corrected chi connectivity index (χ2v) is 8.11. The van der Waals surface area contributed by atoms with Crippen molar-refractivity contribution in [3.63, 3.8) is 0 Å². The minimum absolute atomic E-state index is 0. The van der Waals surface area contributed by atoms with E-state index in [0.29, 0.717) is 39.1 Å². The average Bonchev–Trinajstić information content (AvgIpc) is 2.69. The third kappa shape index (κ3) is 5.61. The third-order valence-electron chi connectivity index (χ3n) is 6.06. The Kier molecular flexibility index (Phi) is 8.13. The molecule has 3 amide bonds. The van der Waals surface area contributed by atoms with Crippen molar-refractivity contribution in [1.82, 2.24) is 9.80 Å². The molecule has 0 radical (unpaired) electrons. The molecule has 1 aliphatic heterocycles. The first-order chi connectivity index (χ1) is 13.0. The molecule has 0 aromatic heterocycles. The molecule has 156 valence electrons. The Bertz CT molecular complexity index is 668. The van der Waals surface area contributed by atoms with Gasteiger partial charge in [0.25, 0.3) is 0 Å². The predicted molar refractivity (Wildman–Crippen MR) is 115 cm³/mol. The van der Waals surface area contributed by atoms with Crippen LogP contribution in [-0.2, 0) is 4.79 Å². The van der Waals surface area contributed by atoms with E-state index in [1.165, 1.54) is 19.3 Å². The Balaban J connectivity index is 0.00000280. The van der Waals surface area contributed by atoms with Gasteiger partial charge in [-0.05, 0) is 49.4 Å². The number of aryl methyl sites for hydroxylation is 1. The lowest BCUT2D eigenvalue weighted by atomic mass is 9.71. The summed E-state index contributed by atoms with van der Waals surface area (Å²) in [5.41, 5.74) is 7.94. The predicted octanol–water partition coefficient (Wildman–Crippen LogP) is 3.39. The number of halogens is 1. The summed E-state index contributed by atoms with van der Waals surface area (Å²) in [4.78, 5) is 28.9. The quantitative estimate of drug-likeness (QED) is 0.801. The zero-order chi connectivity index (χ0) is 19.3. The molecule has 3 N–H and O–H groups in total. The van der Waals surface area contributed by atoms with Gasteiger partial charge < -0.3 is 20.9 Å². The second-order valence-electron chi connectivity index (χ2n) is 8.11. The van der Waals surface area contributed by atoms with Crippen molar-refractivity contribution in [2.24, 2.45) is 11.1 Å². The highest BCUT2D eigenvalue weighted by Gasteiger charge is 2.35. The zero-order valence-corrected chi connectivity index (χ0v) is 17.6. The van der Waals surface area contributed by atoms with Crippen LogP contribution in [0.15, 0.2) is 24.3 Å². The summed E-state index contributed by atoms with van der Waals surface area (Å²) in [6.45, 7) is 4.93. The maximum absolute atomic E-state index is 12.8. The monoisotopic (exact) mass is 408 g/mol. The summed E-state index contributed by atoms with van der Waals surface area (Å²) in [6.07, 6.45) is 6.29. The number of piperazine rings is 1. The number of nitrogens with two attached hydrogens (primary N) is 1. The van der Waals surface area contributed by atoms with Gasteiger partial charge in [-0.15, -0.1) is 12.4 Å². The Labute approximate surface area is 174 Å². The molecule has 1 saturated carbocycles. The summed E-state index contributed by atoms with van der Waals surface area (Å²) in [7, 11) is 0. The van der Waals surface area contributed by atoms with Gasteiger partial charge in [0.2, 0.25) is 5.91 Å². The fraction of sp³-hybridized carbons (Fsp3) is 0.619. The van der Waals surface area contributed by atoms with E-state index < -0.39 is 0 Å². The van der Waals surface area contributed by atoms with Crippen LogP contribution in [0.2, 0.25) is 0 Å². The molecule has 0 atom stereocenters. The third-order valence-corrected chi connectivity index (χ3v) is 6.06. The van der Waals surface area contributed by atoms with Crippen molar-refractivity contribution in [2.45, 2.75) is 45.4 Å². The van der Waals surface area contributed by atoms with Crippen LogP contribution in [0.5, 0.6) is 0 Å². The number of benzene rings is 1. The van der Waals surface area contributed by atoms with E-state index in [2.05, 4.69) is 5.32 Å². The van der Waals surface area contributed by atoms with Crippen LogP contribution < -0.4 is 11.1 Å². The van der Waals surface area contributed by atoms with E-state index in [1.54, 1.807) is 4.90 Å². The van der Waals surface area contributed by atoms with E-state index in [0.717, 1.165) is 24.1 Å². The topological polar surface area (TPSA) is 78.7 Å². The van der Waals surface area contributed by atoms with E-state index in [4.69, 9.17) is 5.73 Å². The average molecular weight is 409 g/mol. The molecule has 0 spiro atoms. The van der Waals surface area contributed by atoms with Crippen LogP contribution >= 0.6 is 12.4 Å². The van der Waals surface area contributed by atoms with Gasteiger partial charge in [0.15, 0.2) is 0 Å². The van der Waals surface area contributed by atoms with Crippen LogP contribution in [0.25, 0.3) is 0 Å². The summed E-state index contributed by atoms with van der Waals surface area (Å²) in [5, 5.41) is 2.94. The fourth-order valence-corrected chi connectivity index (χ4v) is 4.27. The van der Waals surface area contributed by atoms with Gasteiger partial charge >= 0.3 is 6.03 Å². The van der Waals surface area contributed by atoms with Crippen LogP contribution in [0, 0.1) is 12.3 Å². The first-order valence-electron chi connectivity index (χ1n) is 10.1. The number of anilines is 1. The van der Waals surface area contributed by atoms with Crippen molar-refractivity contribution in [3.8, 4) is 0 Å². The zero-order valence-electron chi connectivity index (χ0n) is 16.8. The smallest absolute Gasteiger partial charge is 0.321 e. The van der Waals surface area contributed by atoms with Gasteiger partial charge in [0.05, 0.1) is 0 Å². The normalized spacial score (nSPS) is 18.9. The highest BCUT2D eigenvalue weighted by atomic mass is 35.5. The Morgan fingerprint density at radius 2 is 1.71 bits per heavy atom. The van der Waals surface area contributed by atoms with Crippen molar-refractivity contribution >= 4 is 30.0 Å². The largest absolute Gasteiger partial charge is 0.339 e. The van der Waals surface area contributed by atoms with E-state index in [1.807, 2.05) is 36.1 Å². The summed E-state index contributed by atoms with van der Waals surface area (Å²) < 4.78 is 0. The summed E-state index contributed by atoms with van der Waals surface area (Å²) >= 11 is 0. The van der Waals surface area contributed by atoms with E-state index in [9.17, 15) is 9.59 Å². The van der Waals surface area contributed by atoms with Gasteiger partial charge in [-0.1, -0.05) is 31.4 Å². The fourth-order valence-electron chi connectivity index (χ4n) is 4.27. The molecule has 6 nitrogen and oxygen atoms in total. The first kappa shape index (κ1) is 22.5. The van der Waals surface area contributed by atoms with Gasteiger partial charge in [0.1, 0.15) is 0 Å². The van der Waals surface area contributed by atoms with Crippen LogP contribution in [-0.4, -0.2) is 54.5 Å². The minimum atomic E-state index is -0.0987. The molecule has 1 saturated heterocycles. The van der Waals surface area contributed by atoms with Crippen LogP contribution in [0.3, 0.4) is 0 Å². The standard InChI is InChI=1S/C21H32N4O2.ClH/c1-17-6-5-7-18(14-17)23-20(27)25-12-10-24(11-13-25)19(26)15-21(16-22)8-3-2-4-9-21;/h5-7,14H,2-4,8-13,15-16,22H2,1H3,(H,23,27);1H. The van der Waals surface area contributed by atoms with E-state index >= 15 is 0 Å². The molecule has 0 bridgehead atoms. The van der Waals surface area contributed by atoms with Crippen molar-refractivity contribution in [1.29, 1.82) is 0 Å². The Morgan fingerprint density at radius 3 is 2.32 bits per heavy atom. The maximum Gasteiger partial charge on any atom is 0.321 e. The van der Waals surface area contributed by atoms with Crippen molar-refractivity contribution in [3.05, 3.63) is 29.8 Å². The lowest BCUT2D eigenvalue weighted by Crippen LogP contribution is -2.52. The molecule has 7 heteroatoms. The number of nitrogens with one attached hydrogen (secondary N) is 1. The second kappa shape index (κ2) is 10.1. The van der Waals surface area contributed by atoms with E-state index in [-0.39, 0.29) is 29.8 Å². The van der Waals surface area contributed by atoms with Crippen LogP contribution in [0.4, 0.5) is 10.5 Å². The SMILES string of the molecule is Cc1cccc(NC(=O)N2CCN(C(=O)CC3(CN)CCCCC3)CC2)c1.Cl. The number of nitrogens with zero attached hydrogens (tertiary/aromatic N) is 2. The number of rotatable bonds is 4. The molecular weight excluding hydrogens is 376 g/mol. The lowest BCUT2D eigenvalue weighted by Gasteiger charge is -2.39. The highest BCUT2D eigenvalue weighted by Crippen LogP contribution is 2.38. The molecule has 28 heavy (non-hydrogen) atoms. The number of hydrogen-bond acceptors (Lipinski definition) is 3. The highest BCUT2D eigenvalue weighted by molar-refractivity contribution is 5.89.